The number of benzene rings is 1. The summed E-state index contributed by atoms with van der Waals surface area (Å²) in [6.07, 6.45) is 5.77. The van der Waals surface area contributed by atoms with Crippen LogP contribution < -0.4 is 10.1 Å². The molecule has 1 atom stereocenters. The summed E-state index contributed by atoms with van der Waals surface area (Å²) in [6.45, 7) is 1.32. The first kappa shape index (κ1) is 18.1. The molecule has 144 valence electrons. The molecule has 1 amide bonds. The minimum absolute atomic E-state index is 0.0540. The van der Waals surface area contributed by atoms with Gasteiger partial charge in [0.2, 0.25) is 18.2 Å². The third kappa shape index (κ3) is 4.52. The maximum atomic E-state index is 12.8. The zero-order chi connectivity index (χ0) is 19.2. The standard InChI is InChI=1S/C20H21N5O3/c26-20(17-8-4-5-11-25(17)13-18-22-14-27-24-18)23-15-9-10-19(21-12-15)28-16-6-2-1-3-7-16/h1-3,6-7,9-10,12,14,17H,4-5,8,11,13H2,(H,23,26). The van der Waals surface area contributed by atoms with Crippen molar-refractivity contribution in [2.45, 2.75) is 31.8 Å². The molecule has 0 saturated carbocycles. The molecule has 1 aliphatic rings. The third-order valence-corrected chi connectivity index (χ3v) is 4.64. The molecule has 1 aromatic carbocycles. The van der Waals surface area contributed by atoms with Crippen LogP contribution in [0.1, 0.15) is 25.1 Å². The first-order valence-corrected chi connectivity index (χ1v) is 9.27. The summed E-state index contributed by atoms with van der Waals surface area (Å²) in [7, 11) is 0. The maximum Gasteiger partial charge on any atom is 0.241 e. The topological polar surface area (TPSA) is 93.4 Å². The molecule has 28 heavy (non-hydrogen) atoms. The molecule has 3 aromatic rings. The van der Waals surface area contributed by atoms with Gasteiger partial charge >= 0.3 is 0 Å². The number of nitrogens with zero attached hydrogens (tertiary/aromatic N) is 4. The Morgan fingerprint density at radius 3 is 2.82 bits per heavy atom. The SMILES string of the molecule is O=C(Nc1ccc(Oc2ccccc2)nc1)C1CCCCN1Cc1ncon1. The van der Waals surface area contributed by atoms with Gasteiger partial charge in [-0.1, -0.05) is 29.8 Å². The monoisotopic (exact) mass is 379 g/mol. The minimum Gasteiger partial charge on any atom is -0.439 e. The average Bonchev–Trinajstić information content (AvgIpc) is 3.24. The zero-order valence-electron chi connectivity index (χ0n) is 15.3. The average molecular weight is 379 g/mol. The van der Waals surface area contributed by atoms with Gasteiger partial charge < -0.3 is 14.6 Å². The van der Waals surface area contributed by atoms with E-state index < -0.39 is 0 Å². The van der Waals surface area contributed by atoms with Crippen LogP contribution >= 0.6 is 0 Å². The Morgan fingerprint density at radius 2 is 2.07 bits per heavy atom. The summed E-state index contributed by atoms with van der Waals surface area (Å²) in [5, 5.41) is 6.80. The first-order chi connectivity index (χ1) is 13.8. The summed E-state index contributed by atoms with van der Waals surface area (Å²) < 4.78 is 10.5. The van der Waals surface area contributed by atoms with E-state index in [0.717, 1.165) is 25.8 Å². The minimum atomic E-state index is -0.229. The number of carbonyl (C=O) groups excluding carboxylic acids is 1. The lowest BCUT2D eigenvalue weighted by Crippen LogP contribution is -2.46. The number of para-hydroxylation sites is 1. The number of ether oxygens (including phenoxy) is 1. The van der Waals surface area contributed by atoms with Crippen molar-refractivity contribution in [1.82, 2.24) is 20.0 Å². The molecule has 1 aliphatic heterocycles. The van der Waals surface area contributed by atoms with Crippen LogP contribution in [0.3, 0.4) is 0 Å². The van der Waals surface area contributed by atoms with Crippen LogP contribution in [0.15, 0.2) is 59.6 Å². The molecule has 0 bridgehead atoms. The van der Waals surface area contributed by atoms with Crippen molar-refractivity contribution in [3.63, 3.8) is 0 Å². The molecular weight excluding hydrogens is 358 g/mol. The van der Waals surface area contributed by atoms with Crippen LogP contribution in [-0.4, -0.2) is 38.5 Å². The van der Waals surface area contributed by atoms with Gasteiger partial charge in [0.15, 0.2) is 5.82 Å². The van der Waals surface area contributed by atoms with Crippen LogP contribution in [0.2, 0.25) is 0 Å². The Morgan fingerprint density at radius 1 is 1.18 bits per heavy atom. The van der Waals surface area contributed by atoms with E-state index in [4.69, 9.17) is 9.26 Å². The number of rotatable bonds is 6. The molecular formula is C20H21N5O3. The fraction of sp³-hybridized carbons (Fsp3) is 0.300. The second-order valence-corrected chi connectivity index (χ2v) is 6.62. The summed E-state index contributed by atoms with van der Waals surface area (Å²) in [5.41, 5.74) is 0.635. The molecule has 2 aromatic heterocycles. The fourth-order valence-corrected chi connectivity index (χ4v) is 3.27. The predicted octanol–water partition coefficient (Wildman–Crippen LogP) is 3.25. The van der Waals surface area contributed by atoms with E-state index in [-0.39, 0.29) is 11.9 Å². The van der Waals surface area contributed by atoms with Crippen LogP contribution in [-0.2, 0) is 11.3 Å². The molecule has 8 heteroatoms. The second-order valence-electron chi connectivity index (χ2n) is 6.62. The van der Waals surface area contributed by atoms with E-state index in [1.807, 2.05) is 30.3 Å². The fourth-order valence-electron chi connectivity index (χ4n) is 3.27. The van der Waals surface area contributed by atoms with Crippen molar-refractivity contribution in [3.05, 3.63) is 60.9 Å². The third-order valence-electron chi connectivity index (χ3n) is 4.64. The molecule has 0 spiro atoms. The van der Waals surface area contributed by atoms with E-state index in [0.29, 0.717) is 29.7 Å². The van der Waals surface area contributed by atoms with Gasteiger partial charge in [0.05, 0.1) is 24.5 Å². The van der Waals surface area contributed by atoms with Gasteiger partial charge in [-0.3, -0.25) is 9.69 Å². The van der Waals surface area contributed by atoms with Gasteiger partial charge in [-0.2, -0.15) is 4.98 Å². The molecule has 0 aliphatic carbocycles. The van der Waals surface area contributed by atoms with Crippen molar-refractivity contribution in [2.75, 3.05) is 11.9 Å². The molecule has 1 N–H and O–H groups in total. The van der Waals surface area contributed by atoms with Gasteiger partial charge in [-0.25, -0.2) is 4.98 Å². The highest BCUT2D eigenvalue weighted by Gasteiger charge is 2.29. The van der Waals surface area contributed by atoms with Crippen molar-refractivity contribution >= 4 is 11.6 Å². The lowest BCUT2D eigenvalue weighted by atomic mass is 10.0. The molecule has 1 fully saturated rings. The zero-order valence-corrected chi connectivity index (χ0v) is 15.3. The largest absolute Gasteiger partial charge is 0.439 e. The second kappa shape index (κ2) is 8.62. The molecule has 8 nitrogen and oxygen atoms in total. The molecule has 3 heterocycles. The van der Waals surface area contributed by atoms with E-state index >= 15 is 0 Å². The Hall–Kier alpha value is -3.26. The lowest BCUT2D eigenvalue weighted by molar-refractivity contribution is -0.122. The Bertz CT molecular complexity index is 884. The van der Waals surface area contributed by atoms with Gasteiger partial charge in [0.25, 0.3) is 0 Å². The Kier molecular flexibility index (Phi) is 5.58. The summed E-state index contributed by atoms with van der Waals surface area (Å²) >= 11 is 0. The number of likely N-dealkylation sites (tertiary alicyclic amines) is 1. The van der Waals surface area contributed by atoms with Crippen LogP contribution in [0.5, 0.6) is 11.6 Å². The highest BCUT2D eigenvalue weighted by Crippen LogP contribution is 2.22. The van der Waals surface area contributed by atoms with E-state index in [1.54, 1.807) is 18.3 Å². The number of carbonyl (C=O) groups is 1. The number of piperidine rings is 1. The molecule has 4 rings (SSSR count). The van der Waals surface area contributed by atoms with Gasteiger partial charge in [-0.15, -0.1) is 0 Å². The first-order valence-electron chi connectivity index (χ1n) is 9.27. The van der Waals surface area contributed by atoms with Crippen molar-refractivity contribution < 1.29 is 14.1 Å². The van der Waals surface area contributed by atoms with Crippen molar-refractivity contribution in [3.8, 4) is 11.6 Å². The quantitative estimate of drug-likeness (QED) is 0.702. The predicted molar refractivity (Wildman–Crippen MR) is 102 cm³/mol. The maximum absolute atomic E-state index is 12.8. The normalized spacial score (nSPS) is 17.2. The molecule has 0 radical (unpaired) electrons. The number of hydrogen-bond donors (Lipinski definition) is 1. The molecule has 1 saturated heterocycles. The van der Waals surface area contributed by atoms with Crippen molar-refractivity contribution in [1.29, 1.82) is 0 Å². The Balaban J connectivity index is 1.37. The van der Waals surface area contributed by atoms with Gasteiger partial charge in [0, 0.05) is 6.07 Å². The molecule has 1 unspecified atom stereocenters. The summed E-state index contributed by atoms with van der Waals surface area (Å²) in [6, 6.07) is 12.7. The summed E-state index contributed by atoms with van der Waals surface area (Å²) in [4.78, 5) is 23.2. The van der Waals surface area contributed by atoms with E-state index in [9.17, 15) is 4.79 Å². The van der Waals surface area contributed by atoms with Crippen LogP contribution in [0, 0.1) is 0 Å². The highest BCUT2D eigenvalue weighted by atomic mass is 16.5. The number of hydrogen-bond acceptors (Lipinski definition) is 7. The van der Waals surface area contributed by atoms with Crippen LogP contribution in [0.4, 0.5) is 5.69 Å². The van der Waals surface area contributed by atoms with Crippen LogP contribution in [0.25, 0.3) is 0 Å². The summed E-state index contributed by atoms with van der Waals surface area (Å²) in [5.74, 6) is 1.72. The van der Waals surface area contributed by atoms with E-state index in [2.05, 4.69) is 25.3 Å². The Labute approximate surface area is 162 Å². The van der Waals surface area contributed by atoms with Crippen molar-refractivity contribution in [2.24, 2.45) is 0 Å². The van der Waals surface area contributed by atoms with E-state index in [1.165, 1.54) is 6.39 Å². The smallest absolute Gasteiger partial charge is 0.241 e. The van der Waals surface area contributed by atoms with Gasteiger partial charge in [-0.05, 0) is 37.6 Å². The lowest BCUT2D eigenvalue weighted by Gasteiger charge is -2.33. The van der Waals surface area contributed by atoms with Gasteiger partial charge in [0.1, 0.15) is 5.75 Å². The number of amides is 1. The number of aromatic nitrogens is 3. The number of anilines is 1. The number of nitrogens with one attached hydrogen (secondary N) is 1. The number of pyridine rings is 1. The highest BCUT2D eigenvalue weighted by molar-refractivity contribution is 5.94.